The van der Waals surface area contributed by atoms with Crippen LogP contribution in [-0.2, 0) is 0 Å². The first-order valence-corrected chi connectivity index (χ1v) is 5.99. The van der Waals surface area contributed by atoms with E-state index < -0.39 is 5.60 Å². The molecule has 0 aromatic rings. The molecule has 0 bridgehead atoms. The molecule has 0 aromatic carbocycles. The molecule has 0 spiro atoms. The lowest BCUT2D eigenvalue weighted by Crippen LogP contribution is -2.30. The third kappa shape index (κ3) is 8.55. The van der Waals surface area contributed by atoms with Crippen molar-refractivity contribution in [2.24, 2.45) is 5.41 Å². The zero-order valence-electron chi connectivity index (χ0n) is 10.7. The zero-order valence-corrected chi connectivity index (χ0v) is 10.7. The second-order valence-electron chi connectivity index (χ2n) is 6.05. The van der Waals surface area contributed by atoms with E-state index in [1.165, 1.54) is 19.3 Å². The number of hydrogen-bond acceptors (Lipinski definition) is 1. The number of aliphatic hydroxyl groups is 1. The standard InChI is InChI=1S/C13H28O/c1-6-7-8-9-10-13(5,14)11-12(2,3)4/h14H,6-11H2,1-5H3. The van der Waals surface area contributed by atoms with Crippen molar-refractivity contribution >= 4 is 0 Å². The maximum atomic E-state index is 10.1. The molecule has 1 N–H and O–H groups in total. The molecule has 0 fully saturated rings. The molecule has 0 heterocycles. The van der Waals surface area contributed by atoms with E-state index in [0.29, 0.717) is 0 Å². The van der Waals surface area contributed by atoms with Crippen molar-refractivity contribution in [2.45, 2.75) is 78.7 Å². The summed E-state index contributed by atoms with van der Waals surface area (Å²) >= 11 is 0. The van der Waals surface area contributed by atoms with Crippen molar-refractivity contribution in [1.82, 2.24) is 0 Å². The van der Waals surface area contributed by atoms with Crippen molar-refractivity contribution in [3.63, 3.8) is 0 Å². The van der Waals surface area contributed by atoms with Crippen LogP contribution in [-0.4, -0.2) is 10.7 Å². The second kappa shape index (κ2) is 5.75. The minimum atomic E-state index is -0.466. The Labute approximate surface area is 89.9 Å². The quantitative estimate of drug-likeness (QED) is 0.639. The third-order valence-electron chi connectivity index (χ3n) is 2.48. The molecule has 0 amide bonds. The van der Waals surface area contributed by atoms with Gasteiger partial charge in [-0.2, -0.15) is 0 Å². The summed E-state index contributed by atoms with van der Waals surface area (Å²) in [5.74, 6) is 0. The van der Waals surface area contributed by atoms with E-state index in [1.54, 1.807) is 0 Å². The van der Waals surface area contributed by atoms with Crippen molar-refractivity contribution in [2.75, 3.05) is 0 Å². The Hall–Kier alpha value is -0.0400. The van der Waals surface area contributed by atoms with E-state index >= 15 is 0 Å². The molecule has 0 saturated carbocycles. The Morgan fingerprint density at radius 3 is 1.93 bits per heavy atom. The lowest BCUT2D eigenvalue weighted by atomic mass is 9.80. The number of unbranched alkanes of at least 4 members (excludes halogenated alkanes) is 3. The SMILES string of the molecule is CCCCCCC(C)(O)CC(C)(C)C. The Balaban J connectivity index is 3.72. The summed E-state index contributed by atoms with van der Waals surface area (Å²) in [4.78, 5) is 0. The topological polar surface area (TPSA) is 20.2 Å². The van der Waals surface area contributed by atoms with Gasteiger partial charge in [-0.05, 0) is 25.2 Å². The summed E-state index contributed by atoms with van der Waals surface area (Å²) in [6.07, 6.45) is 6.83. The van der Waals surface area contributed by atoms with Gasteiger partial charge in [0.25, 0.3) is 0 Å². The molecule has 1 unspecified atom stereocenters. The molecule has 86 valence electrons. The maximum absolute atomic E-state index is 10.1. The second-order valence-corrected chi connectivity index (χ2v) is 6.05. The normalized spacial score (nSPS) is 16.7. The molecule has 0 radical (unpaired) electrons. The van der Waals surface area contributed by atoms with E-state index in [2.05, 4.69) is 27.7 Å². The van der Waals surface area contributed by atoms with Crippen molar-refractivity contribution < 1.29 is 5.11 Å². The average molecular weight is 200 g/mol. The molecular formula is C13H28O. The first-order valence-electron chi connectivity index (χ1n) is 5.99. The van der Waals surface area contributed by atoms with Gasteiger partial charge in [0.15, 0.2) is 0 Å². The largest absolute Gasteiger partial charge is 0.390 e. The predicted molar refractivity (Wildman–Crippen MR) is 63.5 cm³/mol. The minimum Gasteiger partial charge on any atom is -0.390 e. The monoisotopic (exact) mass is 200 g/mol. The van der Waals surface area contributed by atoms with Crippen LogP contribution >= 0.6 is 0 Å². The third-order valence-corrected chi connectivity index (χ3v) is 2.48. The van der Waals surface area contributed by atoms with Gasteiger partial charge in [-0.3, -0.25) is 0 Å². The molecule has 0 aliphatic rings. The van der Waals surface area contributed by atoms with Gasteiger partial charge >= 0.3 is 0 Å². The van der Waals surface area contributed by atoms with Gasteiger partial charge < -0.3 is 5.11 Å². The summed E-state index contributed by atoms with van der Waals surface area (Å²) in [6, 6.07) is 0. The fourth-order valence-corrected chi connectivity index (χ4v) is 2.16. The Bertz CT molecular complexity index is 142. The van der Waals surface area contributed by atoms with Gasteiger partial charge in [-0.25, -0.2) is 0 Å². The molecular weight excluding hydrogens is 172 g/mol. The molecule has 0 aliphatic carbocycles. The fraction of sp³-hybridized carbons (Fsp3) is 1.00. The van der Waals surface area contributed by atoms with Gasteiger partial charge in [0, 0.05) is 0 Å². The van der Waals surface area contributed by atoms with Crippen LogP contribution in [0.2, 0.25) is 0 Å². The predicted octanol–water partition coefficient (Wildman–Crippen LogP) is 4.14. The lowest BCUT2D eigenvalue weighted by Gasteiger charge is -2.31. The summed E-state index contributed by atoms with van der Waals surface area (Å²) in [7, 11) is 0. The Morgan fingerprint density at radius 1 is 0.929 bits per heavy atom. The van der Waals surface area contributed by atoms with Crippen LogP contribution in [0.3, 0.4) is 0 Å². The van der Waals surface area contributed by atoms with Gasteiger partial charge in [-0.1, -0.05) is 53.4 Å². The van der Waals surface area contributed by atoms with Crippen LogP contribution in [0.5, 0.6) is 0 Å². The summed E-state index contributed by atoms with van der Waals surface area (Å²) < 4.78 is 0. The first kappa shape index (κ1) is 14.0. The highest BCUT2D eigenvalue weighted by atomic mass is 16.3. The highest BCUT2D eigenvalue weighted by Crippen LogP contribution is 2.30. The van der Waals surface area contributed by atoms with Crippen LogP contribution in [0.4, 0.5) is 0 Å². The molecule has 1 nitrogen and oxygen atoms in total. The zero-order chi connectivity index (χ0) is 11.2. The van der Waals surface area contributed by atoms with E-state index in [1.807, 2.05) is 6.92 Å². The van der Waals surface area contributed by atoms with Gasteiger partial charge in [0.1, 0.15) is 0 Å². The molecule has 0 aromatic heterocycles. The summed E-state index contributed by atoms with van der Waals surface area (Å²) in [6.45, 7) is 10.8. The molecule has 0 saturated heterocycles. The number of rotatable bonds is 6. The smallest absolute Gasteiger partial charge is 0.0624 e. The fourth-order valence-electron chi connectivity index (χ4n) is 2.16. The minimum absolute atomic E-state index is 0.230. The Kier molecular flexibility index (Phi) is 5.73. The highest BCUT2D eigenvalue weighted by Gasteiger charge is 2.26. The lowest BCUT2D eigenvalue weighted by molar-refractivity contribution is 0.00921. The molecule has 1 atom stereocenters. The van der Waals surface area contributed by atoms with Crippen molar-refractivity contribution in [3.05, 3.63) is 0 Å². The first-order chi connectivity index (χ1) is 6.27. The van der Waals surface area contributed by atoms with Crippen LogP contribution < -0.4 is 0 Å². The molecule has 0 rings (SSSR count). The van der Waals surface area contributed by atoms with Crippen LogP contribution in [0.25, 0.3) is 0 Å². The number of hydrogen-bond donors (Lipinski definition) is 1. The summed E-state index contributed by atoms with van der Waals surface area (Å²) in [5, 5.41) is 10.1. The van der Waals surface area contributed by atoms with E-state index in [0.717, 1.165) is 19.3 Å². The van der Waals surface area contributed by atoms with E-state index in [4.69, 9.17) is 0 Å². The van der Waals surface area contributed by atoms with Crippen LogP contribution in [0.1, 0.15) is 73.1 Å². The van der Waals surface area contributed by atoms with Gasteiger partial charge in [0.05, 0.1) is 5.60 Å². The average Bonchev–Trinajstić information content (AvgIpc) is 1.93. The summed E-state index contributed by atoms with van der Waals surface area (Å²) in [5.41, 5.74) is -0.236. The van der Waals surface area contributed by atoms with Gasteiger partial charge in [-0.15, -0.1) is 0 Å². The van der Waals surface area contributed by atoms with Crippen molar-refractivity contribution in [1.29, 1.82) is 0 Å². The van der Waals surface area contributed by atoms with Crippen LogP contribution in [0, 0.1) is 5.41 Å². The Morgan fingerprint density at radius 2 is 1.50 bits per heavy atom. The maximum Gasteiger partial charge on any atom is 0.0624 e. The van der Waals surface area contributed by atoms with E-state index in [-0.39, 0.29) is 5.41 Å². The molecule has 1 heteroatoms. The van der Waals surface area contributed by atoms with Crippen LogP contribution in [0.15, 0.2) is 0 Å². The van der Waals surface area contributed by atoms with E-state index in [9.17, 15) is 5.11 Å². The molecule has 0 aliphatic heterocycles. The van der Waals surface area contributed by atoms with Crippen molar-refractivity contribution in [3.8, 4) is 0 Å². The van der Waals surface area contributed by atoms with Gasteiger partial charge in [0.2, 0.25) is 0 Å². The molecule has 14 heavy (non-hydrogen) atoms. The highest BCUT2D eigenvalue weighted by molar-refractivity contribution is 4.79.